The molecule has 37 heavy (non-hydrogen) atoms. The van der Waals surface area contributed by atoms with Gasteiger partial charge in [0.1, 0.15) is 5.52 Å². The molecule has 2 N–H and O–H groups in total. The Hall–Kier alpha value is -4.98. The fourth-order valence-corrected chi connectivity index (χ4v) is 4.58. The van der Waals surface area contributed by atoms with E-state index < -0.39 is 17.8 Å². The van der Waals surface area contributed by atoms with Crippen molar-refractivity contribution in [3.05, 3.63) is 101 Å². The number of aryl methyl sites for hydroxylation is 1. The van der Waals surface area contributed by atoms with Gasteiger partial charge >= 0.3 is 5.97 Å². The Balaban J connectivity index is 1.08. The molecule has 0 saturated heterocycles. The molecule has 4 aromatic carbocycles. The molecule has 182 valence electrons. The quantitative estimate of drug-likeness (QED) is 0.228. The van der Waals surface area contributed by atoms with Gasteiger partial charge in [-0.1, -0.05) is 24.3 Å². The number of nitrogens with zero attached hydrogens (tertiary/aromatic N) is 2. The summed E-state index contributed by atoms with van der Waals surface area (Å²) in [6.07, 6.45) is 1.49. The lowest BCUT2D eigenvalue weighted by molar-refractivity contribution is 0.0696. The summed E-state index contributed by atoms with van der Waals surface area (Å²) >= 11 is 0. The van der Waals surface area contributed by atoms with E-state index in [1.807, 2.05) is 24.3 Å². The molecule has 0 atom stereocenters. The Kier molecular flexibility index (Phi) is 5.41. The predicted octanol–water partition coefficient (Wildman–Crippen LogP) is 5.52. The Morgan fingerprint density at radius 1 is 0.892 bits per heavy atom. The lowest BCUT2D eigenvalue weighted by Crippen LogP contribution is -2.29. The van der Waals surface area contributed by atoms with E-state index >= 15 is 0 Å². The molecule has 1 aromatic heterocycles. The van der Waals surface area contributed by atoms with Gasteiger partial charge in [0.25, 0.3) is 11.8 Å². The van der Waals surface area contributed by atoms with Crippen LogP contribution in [-0.4, -0.2) is 34.4 Å². The van der Waals surface area contributed by atoms with Crippen LogP contribution in [0, 0.1) is 0 Å². The van der Waals surface area contributed by atoms with Crippen LogP contribution in [0.3, 0.4) is 0 Å². The van der Waals surface area contributed by atoms with Crippen molar-refractivity contribution in [3.8, 4) is 0 Å². The SMILES string of the molecule is O=C(O)c1ccc2c(c1)C(=O)N(c1ccc(NCCCc3nc4cc5ccccc5cc4o3)cc1)C2=O. The van der Waals surface area contributed by atoms with E-state index in [-0.39, 0.29) is 16.7 Å². The maximum atomic E-state index is 12.8. The number of aromatic nitrogens is 1. The van der Waals surface area contributed by atoms with E-state index in [1.54, 1.807) is 24.3 Å². The molecule has 1 aliphatic rings. The van der Waals surface area contributed by atoms with Crippen molar-refractivity contribution in [3.63, 3.8) is 0 Å². The maximum Gasteiger partial charge on any atom is 0.335 e. The average molecular weight is 492 g/mol. The molecule has 5 aromatic rings. The van der Waals surface area contributed by atoms with Crippen molar-refractivity contribution < 1.29 is 23.9 Å². The summed E-state index contributed by atoms with van der Waals surface area (Å²) in [7, 11) is 0. The Labute approximate surface area is 211 Å². The number of amides is 2. The van der Waals surface area contributed by atoms with Gasteiger partial charge in [-0.2, -0.15) is 0 Å². The fraction of sp³-hybridized carbons (Fsp3) is 0.103. The van der Waals surface area contributed by atoms with Crippen LogP contribution in [-0.2, 0) is 6.42 Å². The van der Waals surface area contributed by atoms with Crippen LogP contribution in [0.2, 0.25) is 0 Å². The number of rotatable bonds is 7. The van der Waals surface area contributed by atoms with E-state index in [0.717, 1.165) is 38.9 Å². The standard InChI is InChI=1S/C29H21N3O5/c33-27-22-12-7-19(29(35)36)14-23(22)28(34)32(27)21-10-8-20(9-11-21)30-13-3-6-26-31-24-15-17-4-1-2-5-18(17)16-25(24)37-26/h1-2,4-5,7-12,14-16,30H,3,6,13H2,(H,35,36). The minimum absolute atomic E-state index is 0.0347. The summed E-state index contributed by atoms with van der Waals surface area (Å²) in [5.41, 5.74) is 3.16. The van der Waals surface area contributed by atoms with Crippen molar-refractivity contribution in [1.29, 1.82) is 0 Å². The van der Waals surface area contributed by atoms with Crippen molar-refractivity contribution in [2.45, 2.75) is 12.8 Å². The van der Waals surface area contributed by atoms with Crippen molar-refractivity contribution in [2.24, 2.45) is 0 Å². The highest BCUT2D eigenvalue weighted by Gasteiger charge is 2.37. The van der Waals surface area contributed by atoms with Gasteiger partial charge in [-0.15, -0.1) is 0 Å². The number of nitrogens with one attached hydrogen (secondary N) is 1. The molecular formula is C29H21N3O5. The van der Waals surface area contributed by atoms with Gasteiger partial charge in [0.05, 0.1) is 22.4 Å². The summed E-state index contributed by atoms with van der Waals surface area (Å²) < 4.78 is 5.93. The van der Waals surface area contributed by atoms with E-state index in [9.17, 15) is 19.5 Å². The highest BCUT2D eigenvalue weighted by Crippen LogP contribution is 2.30. The number of anilines is 2. The Bertz CT molecular complexity index is 1650. The van der Waals surface area contributed by atoms with Crippen LogP contribution in [0.1, 0.15) is 43.4 Å². The van der Waals surface area contributed by atoms with E-state index in [2.05, 4.69) is 22.4 Å². The number of carbonyl (C=O) groups is 3. The number of fused-ring (bicyclic) bond motifs is 3. The third-order valence-corrected chi connectivity index (χ3v) is 6.46. The molecule has 0 radical (unpaired) electrons. The first-order chi connectivity index (χ1) is 18.0. The predicted molar refractivity (Wildman–Crippen MR) is 139 cm³/mol. The van der Waals surface area contributed by atoms with Gasteiger partial charge in [0.15, 0.2) is 11.5 Å². The first kappa shape index (κ1) is 22.5. The van der Waals surface area contributed by atoms with Crippen LogP contribution >= 0.6 is 0 Å². The number of carbonyl (C=O) groups excluding carboxylic acids is 2. The second kappa shape index (κ2) is 8.91. The number of benzene rings is 4. The number of hydrogen-bond acceptors (Lipinski definition) is 6. The van der Waals surface area contributed by atoms with Gasteiger partial charge in [0, 0.05) is 18.7 Å². The van der Waals surface area contributed by atoms with Crippen LogP contribution in [0.25, 0.3) is 21.9 Å². The number of oxazole rings is 1. The van der Waals surface area contributed by atoms with Crippen molar-refractivity contribution in [2.75, 3.05) is 16.8 Å². The zero-order valence-electron chi connectivity index (χ0n) is 19.6. The molecule has 6 rings (SSSR count). The van der Waals surface area contributed by atoms with Crippen LogP contribution in [0.4, 0.5) is 11.4 Å². The van der Waals surface area contributed by atoms with Gasteiger partial charge in [0.2, 0.25) is 0 Å². The molecular weight excluding hydrogens is 470 g/mol. The second-order valence-electron chi connectivity index (χ2n) is 8.86. The Morgan fingerprint density at radius 3 is 2.38 bits per heavy atom. The molecule has 0 aliphatic carbocycles. The summed E-state index contributed by atoms with van der Waals surface area (Å²) in [6.45, 7) is 0.686. The lowest BCUT2D eigenvalue weighted by atomic mass is 10.1. The normalized spacial score (nSPS) is 12.9. The number of hydrogen-bond donors (Lipinski definition) is 2. The molecule has 0 saturated carbocycles. The second-order valence-corrected chi connectivity index (χ2v) is 8.86. The van der Waals surface area contributed by atoms with Gasteiger partial charge < -0.3 is 14.8 Å². The monoisotopic (exact) mass is 491 g/mol. The molecule has 0 fully saturated rings. The number of imide groups is 1. The van der Waals surface area contributed by atoms with Crippen molar-refractivity contribution >= 4 is 51.0 Å². The highest BCUT2D eigenvalue weighted by atomic mass is 16.4. The van der Waals surface area contributed by atoms with Crippen LogP contribution in [0.15, 0.2) is 83.3 Å². The smallest absolute Gasteiger partial charge is 0.335 e. The zero-order chi connectivity index (χ0) is 25.5. The summed E-state index contributed by atoms with van der Waals surface area (Å²) in [4.78, 5) is 42.5. The number of aromatic carboxylic acids is 1. The lowest BCUT2D eigenvalue weighted by Gasteiger charge is -2.14. The number of carboxylic acids is 1. The summed E-state index contributed by atoms with van der Waals surface area (Å²) in [6, 6.07) is 23.1. The average Bonchev–Trinajstić information content (AvgIpc) is 3.42. The molecule has 0 unspecified atom stereocenters. The highest BCUT2D eigenvalue weighted by molar-refractivity contribution is 6.34. The Morgan fingerprint density at radius 2 is 1.62 bits per heavy atom. The third-order valence-electron chi connectivity index (χ3n) is 6.46. The van der Waals surface area contributed by atoms with E-state index in [0.29, 0.717) is 24.5 Å². The minimum atomic E-state index is -1.15. The largest absolute Gasteiger partial charge is 0.478 e. The molecule has 8 heteroatoms. The molecule has 0 bridgehead atoms. The fourth-order valence-electron chi connectivity index (χ4n) is 4.58. The van der Waals surface area contributed by atoms with Crippen LogP contribution in [0.5, 0.6) is 0 Å². The first-order valence-corrected chi connectivity index (χ1v) is 11.9. The minimum Gasteiger partial charge on any atom is -0.478 e. The zero-order valence-corrected chi connectivity index (χ0v) is 19.6. The molecule has 8 nitrogen and oxygen atoms in total. The molecule has 0 spiro atoms. The van der Waals surface area contributed by atoms with Gasteiger partial charge in [-0.25, -0.2) is 14.7 Å². The molecule has 2 heterocycles. The van der Waals surface area contributed by atoms with E-state index in [4.69, 9.17) is 4.42 Å². The molecule has 1 aliphatic heterocycles. The first-order valence-electron chi connectivity index (χ1n) is 11.9. The van der Waals surface area contributed by atoms with Crippen LogP contribution < -0.4 is 10.2 Å². The summed E-state index contributed by atoms with van der Waals surface area (Å²) in [5.74, 6) is -1.46. The topological polar surface area (TPSA) is 113 Å². The maximum absolute atomic E-state index is 12.8. The van der Waals surface area contributed by atoms with Crippen molar-refractivity contribution in [1.82, 2.24) is 4.98 Å². The van der Waals surface area contributed by atoms with Gasteiger partial charge in [-0.05, 0) is 71.8 Å². The summed E-state index contributed by atoms with van der Waals surface area (Å²) in [5, 5.41) is 14.8. The van der Waals surface area contributed by atoms with E-state index in [1.165, 1.54) is 18.2 Å². The molecule has 2 amide bonds. The van der Waals surface area contributed by atoms with Gasteiger partial charge in [-0.3, -0.25) is 9.59 Å². The third kappa shape index (κ3) is 4.08. The number of carboxylic acid groups (broad SMARTS) is 1.